The van der Waals surface area contributed by atoms with Gasteiger partial charge in [0.05, 0.1) is 0 Å². The zero-order valence-electron chi connectivity index (χ0n) is 11.5. The number of benzene rings is 1. The minimum absolute atomic E-state index is 0.0880. The molecule has 0 radical (unpaired) electrons. The molecule has 2 heteroatoms. The maximum atomic E-state index is 5.94. The van der Waals surface area contributed by atoms with E-state index in [-0.39, 0.29) is 5.54 Å². The molecule has 1 atom stereocenters. The first-order chi connectivity index (χ1) is 8.72. The van der Waals surface area contributed by atoms with Crippen LogP contribution in [0.15, 0.2) is 30.3 Å². The minimum atomic E-state index is 0.0880. The maximum Gasteiger partial charge on any atom is 0.0278 e. The summed E-state index contributed by atoms with van der Waals surface area (Å²) in [6.07, 6.45) is 6.40. The van der Waals surface area contributed by atoms with Gasteiger partial charge in [-0.25, -0.2) is 0 Å². The Morgan fingerprint density at radius 2 is 2.00 bits per heavy atom. The molecule has 1 aromatic carbocycles. The Bertz CT molecular complexity index is 345. The Balaban J connectivity index is 1.75. The van der Waals surface area contributed by atoms with Crippen LogP contribution in [0.4, 0.5) is 0 Å². The van der Waals surface area contributed by atoms with E-state index < -0.39 is 0 Å². The highest BCUT2D eigenvalue weighted by atomic mass is 15.0. The highest BCUT2D eigenvalue weighted by Gasteiger charge is 2.24. The van der Waals surface area contributed by atoms with Crippen molar-refractivity contribution in [2.24, 2.45) is 11.7 Å². The molecule has 100 valence electrons. The lowest BCUT2D eigenvalue weighted by molar-refractivity contribution is 0.335. The fraction of sp³-hybridized carbons (Fsp3) is 0.625. The van der Waals surface area contributed by atoms with Gasteiger partial charge in [0.25, 0.3) is 0 Å². The Labute approximate surface area is 111 Å². The first kappa shape index (κ1) is 13.6. The van der Waals surface area contributed by atoms with Crippen molar-refractivity contribution in [2.75, 3.05) is 13.1 Å². The van der Waals surface area contributed by atoms with Crippen LogP contribution in [0.5, 0.6) is 0 Å². The molecule has 0 spiro atoms. The topological polar surface area (TPSA) is 38.0 Å². The molecule has 0 amide bonds. The second-order valence-corrected chi connectivity index (χ2v) is 5.91. The second-order valence-electron chi connectivity index (χ2n) is 5.91. The highest BCUT2D eigenvalue weighted by Crippen LogP contribution is 2.32. The van der Waals surface area contributed by atoms with Crippen LogP contribution in [0, 0.1) is 5.92 Å². The average Bonchev–Trinajstić information content (AvgIpc) is 3.22. The number of nitrogens with two attached hydrogens (primary N) is 1. The smallest absolute Gasteiger partial charge is 0.0278 e. The van der Waals surface area contributed by atoms with Gasteiger partial charge < -0.3 is 11.1 Å². The zero-order chi connectivity index (χ0) is 12.8. The first-order valence-corrected chi connectivity index (χ1v) is 7.21. The van der Waals surface area contributed by atoms with Gasteiger partial charge in [-0.15, -0.1) is 0 Å². The van der Waals surface area contributed by atoms with Crippen molar-refractivity contribution in [3.8, 4) is 0 Å². The second kappa shape index (κ2) is 6.35. The molecule has 1 aromatic rings. The van der Waals surface area contributed by atoms with Crippen LogP contribution in [0.2, 0.25) is 0 Å². The van der Waals surface area contributed by atoms with E-state index in [9.17, 15) is 0 Å². The molecule has 1 aliphatic rings. The number of hydrogen-bond donors (Lipinski definition) is 2. The van der Waals surface area contributed by atoms with Gasteiger partial charge >= 0.3 is 0 Å². The van der Waals surface area contributed by atoms with Crippen LogP contribution in [0.3, 0.4) is 0 Å². The molecule has 1 aliphatic carbocycles. The summed E-state index contributed by atoms with van der Waals surface area (Å²) >= 11 is 0. The summed E-state index contributed by atoms with van der Waals surface area (Å²) in [5, 5.41) is 3.66. The quantitative estimate of drug-likeness (QED) is 0.740. The molecule has 2 rings (SSSR count). The fourth-order valence-electron chi connectivity index (χ4n) is 2.31. The summed E-state index contributed by atoms with van der Waals surface area (Å²) in [5.74, 6) is 0.994. The molecule has 3 N–H and O–H groups in total. The first-order valence-electron chi connectivity index (χ1n) is 7.21. The number of rotatable bonds is 8. The van der Waals surface area contributed by atoms with Gasteiger partial charge in [0.1, 0.15) is 0 Å². The zero-order valence-corrected chi connectivity index (χ0v) is 11.5. The van der Waals surface area contributed by atoms with E-state index in [1.165, 1.54) is 24.8 Å². The fourth-order valence-corrected chi connectivity index (χ4v) is 2.31. The van der Waals surface area contributed by atoms with Crippen LogP contribution in [-0.4, -0.2) is 18.6 Å². The Morgan fingerprint density at radius 1 is 1.28 bits per heavy atom. The van der Waals surface area contributed by atoms with Crippen LogP contribution in [-0.2, 0) is 6.42 Å². The lowest BCUT2D eigenvalue weighted by Gasteiger charge is -2.30. The summed E-state index contributed by atoms with van der Waals surface area (Å²) < 4.78 is 0. The van der Waals surface area contributed by atoms with Gasteiger partial charge in [-0.05, 0) is 44.2 Å². The molecule has 18 heavy (non-hydrogen) atoms. The molecule has 0 bridgehead atoms. The number of aryl methyl sites for hydroxylation is 1. The van der Waals surface area contributed by atoms with Gasteiger partial charge in [0.15, 0.2) is 0 Å². The summed E-state index contributed by atoms with van der Waals surface area (Å²) in [4.78, 5) is 0. The van der Waals surface area contributed by atoms with Gasteiger partial charge in [-0.3, -0.25) is 0 Å². The lowest BCUT2D eigenvalue weighted by Crippen LogP contribution is -2.49. The molecule has 0 aromatic heterocycles. The van der Waals surface area contributed by atoms with Gasteiger partial charge in [-0.1, -0.05) is 43.2 Å². The predicted molar refractivity (Wildman–Crippen MR) is 77.6 cm³/mol. The minimum Gasteiger partial charge on any atom is -0.329 e. The third-order valence-electron chi connectivity index (χ3n) is 4.06. The van der Waals surface area contributed by atoms with Crippen LogP contribution >= 0.6 is 0 Å². The van der Waals surface area contributed by atoms with Crippen molar-refractivity contribution in [3.63, 3.8) is 0 Å². The molecule has 0 aliphatic heterocycles. The van der Waals surface area contributed by atoms with E-state index in [4.69, 9.17) is 5.73 Å². The summed E-state index contributed by atoms with van der Waals surface area (Å²) in [6, 6.07) is 10.7. The van der Waals surface area contributed by atoms with Crippen molar-refractivity contribution in [2.45, 2.75) is 44.6 Å². The molecular weight excluding hydrogens is 220 g/mol. The molecule has 1 fully saturated rings. The van der Waals surface area contributed by atoms with Crippen molar-refractivity contribution < 1.29 is 0 Å². The molecule has 0 heterocycles. The number of hydrogen-bond acceptors (Lipinski definition) is 2. The summed E-state index contributed by atoms with van der Waals surface area (Å²) in [7, 11) is 0. The largest absolute Gasteiger partial charge is 0.329 e. The molecule has 1 saturated carbocycles. The van der Waals surface area contributed by atoms with E-state index in [1.807, 2.05) is 0 Å². The molecule has 1 unspecified atom stereocenters. The predicted octanol–water partition coefficient (Wildman–Crippen LogP) is 2.73. The number of nitrogens with one attached hydrogen (secondary N) is 1. The van der Waals surface area contributed by atoms with Crippen LogP contribution in [0.25, 0.3) is 0 Å². The third-order valence-corrected chi connectivity index (χ3v) is 4.06. The standard InChI is InChI=1S/C16H26N2/c1-16(13-17,18-12-10-15-7-8-15)11-9-14-5-3-2-4-6-14/h2-6,15,18H,7-13,17H2,1H3. The van der Waals surface area contributed by atoms with Gasteiger partial charge in [0.2, 0.25) is 0 Å². The van der Waals surface area contributed by atoms with Crippen molar-refractivity contribution >= 4 is 0 Å². The van der Waals surface area contributed by atoms with E-state index in [0.29, 0.717) is 6.54 Å². The third kappa shape index (κ3) is 4.43. The Hall–Kier alpha value is -0.860. The Morgan fingerprint density at radius 3 is 2.61 bits per heavy atom. The van der Waals surface area contributed by atoms with E-state index in [2.05, 4.69) is 42.6 Å². The maximum absolute atomic E-state index is 5.94. The van der Waals surface area contributed by atoms with E-state index >= 15 is 0 Å². The molecule has 0 saturated heterocycles. The lowest BCUT2D eigenvalue weighted by atomic mass is 9.93. The van der Waals surface area contributed by atoms with Gasteiger partial charge in [0, 0.05) is 12.1 Å². The van der Waals surface area contributed by atoms with Crippen LogP contribution < -0.4 is 11.1 Å². The molecular formula is C16H26N2. The van der Waals surface area contributed by atoms with Crippen LogP contribution in [0.1, 0.15) is 38.2 Å². The normalized spacial score (nSPS) is 18.6. The van der Waals surface area contributed by atoms with Crippen molar-refractivity contribution in [1.82, 2.24) is 5.32 Å². The summed E-state index contributed by atoms with van der Waals surface area (Å²) in [6.45, 7) is 4.08. The van der Waals surface area contributed by atoms with Gasteiger partial charge in [-0.2, -0.15) is 0 Å². The van der Waals surface area contributed by atoms with Crippen molar-refractivity contribution in [3.05, 3.63) is 35.9 Å². The average molecular weight is 246 g/mol. The highest BCUT2D eigenvalue weighted by molar-refractivity contribution is 5.15. The van der Waals surface area contributed by atoms with Crippen molar-refractivity contribution in [1.29, 1.82) is 0 Å². The SMILES string of the molecule is CC(CN)(CCc1ccccc1)NCCC1CC1. The Kier molecular flexibility index (Phi) is 4.79. The summed E-state index contributed by atoms with van der Waals surface area (Å²) in [5.41, 5.74) is 7.43. The van der Waals surface area contributed by atoms with E-state index in [1.54, 1.807) is 0 Å². The monoisotopic (exact) mass is 246 g/mol. The molecule has 2 nitrogen and oxygen atoms in total. The van der Waals surface area contributed by atoms with E-state index in [0.717, 1.165) is 25.3 Å².